The first-order valence-corrected chi connectivity index (χ1v) is 17.7. The molecule has 0 spiro atoms. The smallest absolute Gasteiger partial charge is 0.326 e. The Labute approximate surface area is 325 Å². The van der Waals surface area contributed by atoms with Crippen LogP contribution in [0.3, 0.4) is 0 Å². The molecule has 0 bridgehead atoms. The first-order valence-electron chi connectivity index (χ1n) is 17.7. The molecule has 57 heavy (non-hydrogen) atoms. The van der Waals surface area contributed by atoms with Crippen LogP contribution in [0.1, 0.15) is 45.1 Å². The number of primary amides is 1. The number of rotatable bonds is 22. The standard InChI is InChI=1S/C34H49N9O14/c1-16(38-31(53)22(15-44)41-29(51)19(35)12-24(36)46)28(50)37-14-25(47)42-27(17(2)45)32(54)39-20(11-18-7-4-3-5-8-18)30(52)40-21(13-26(48)49)33(55)43-10-6-9-23(43)34(56)57/h3-5,7-8,16-17,19-23,27,44-45H,6,9-15,35H2,1-2H3,(H2,36,46)(H,37,50)(H,38,53)(H,39,54)(H,40,52)(H,41,51)(H,42,47)(H,48,49)(H,56,57)/t16-,17+,19-,20-,21-,22-,23-,27-/m0/s1. The van der Waals surface area contributed by atoms with Crippen molar-refractivity contribution < 1.29 is 68.4 Å². The van der Waals surface area contributed by atoms with E-state index in [4.69, 9.17) is 11.5 Å². The summed E-state index contributed by atoms with van der Waals surface area (Å²) in [5.74, 6) is -10.7. The molecule has 0 aliphatic carbocycles. The van der Waals surface area contributed by atoms with E-state index in [1.54, 1.807) is 30.3 Å². The topological polar surface area (TPSA) is 379 Å². The van der Waals surface area contributed by atoms with E-state index in [0.717, 1.165) is 11.8 Å². The summed E-state index contributed by atoms with van der Waals surface area (Å²) in [4.78, 5) is 126. The van der Waals surface area contributed by atoms with Gasteiger partial charge in [0.1, 0.15) is 36.3 Å². The SMILES string of the molecule is C[C@H](NC(=O)[C@H](CO)NC(=O)[C@@H](N)CC(N)=O)C(=O)NCC(=O)N[C@H](C(=O)N[C@@H](Cc1ccccc1)C(=O)N[C@@H](CC(=O)O)C(=O)N1CCC[C@H]1C(=O)O)[C@@H](C)O. The van der Waals surface area contributed by atoms with Gasteiger partial charge in [-0.2, -0.15) is 0 Å². The quantitative estimate of drug-likeness (QED) is 0.0519. The fourth-order valence-corrected chi connectivity index (χ4v) is 5.57. The first-order chi connectivity index (χ1) is 26.7. The van der Waals surface area contributed by atoms with Crippen molar-refractivity contribution in [1.29, 1.82) is 0 Å². The highest BCUT2D eigenvalue weighted by Gasteiger charge is 2.39. The predicted molar refractivity (Wildman–Crippen MR) is 194 cm³/mol. The number of hydrogen-bond donors (Lipinski definition) is 12. The number of carbonyl (C=O) groups excluding carboxylic acids is 8. The number of carbonyl (C=O) groups is 10. The average molecular weight is 808 g/mol. The Balaban J connectivity index is 2.12. The average Bonchev–Trinajstić information content (AvgIpc) is 3.64. The molecule has 314 valence electrons. The van der Waals surface area contributed by atoms with Crippen LogP contribution in [-0.4, -0.2) is 153 Å². The maximum atomic E-state index is 13.6. The third-order valence-electron chi connectivity index (χ3n) is 8.56. The van der Waals surface area contributed by atoms with Crippen LogP contribution in [0.2, 0.25) is 0 Å². The maximum absolute atomic E-state index is 13.6. The molecule has 8 atom stereocenters. The van der Waals surface area contributed by atoms with Crippen molar-refractivity contribution in [2.45, 2.75) is 94.3 Å². The molecule has 1 heterocycles. The first kappa shape index (κ1) is 47.0. The van der Waals surface area contributed by atoms with Gasteiger partial charge in [0.05, 0.1) is 38.1 Å². The fraction of sp³-hybridized carbons (Fsp3) is 0.529. The summed E-state index contributed by atoms with van der Waals surface area (Å²) < 4.78 is 0. The monoisotopic (exact) mass is 807 g/mol. The van der Waals surface area contributed by atoms with Gasteiger partial charge in [0.15, 0.2) is 0 Å². The lowest BCUT2D eigenvalue weighted by molar-refractivity contribution is -0.150. The second-order valence-electron chi connectivity index (χ2n) is 13.2. The van der Waals surface area contributed by atoms with Crippen molar-refractivity contribution in [3.63, 3.8) is 0 Å². The van der Waals surface area contributed by atoms with Gasteiger partial charge < -0.3 is 68.7 Å². The fourth-order valence-electron chi connectivity index (χ4n) is 5.57. The summed E-state index contributed by atoms with van der Waals surface area (Å²) in [7, 11) is 0. The molecule has 23 heteroatoms. The number of likely N-dealkylation sites (tertiary alicyclic amines) is 1. The number of amides is 8. The minimum atomic E-state index is -1.73. The summed E-state index contributed by atoms with van der Waals surface area (Å²) in [6.07, 6.45) is -2.80. The minimum Gasteiger partial charge on any atom is -0.481 e. The lowest BCUT2D eigenvalue weighted by atomic mass is 10.0. The Morgan fingerprint density at radius 3 is 1.95 bits per heavy atom. The molecular formula is C34H49N9O14. The van der Waals surface area contributed by atoms with Crippen molar-refractivity contribution in [2.75, 3.05) is 19.7 Å². The molecule has 14 N–H and O–H groups in total. The van der Waals surface area contributed by atoms with Crippen LogP contribution in [-0.2, 0) is 54.4 Å². The zero-order valence-corrected chi connectivity index (χ0v) is 31.1. The van der Waals surface area contributed by atoms with Gasteiger partial charge >= 0.3 is 11.9 Å². The van der Waals surface area contributed by atoms with Crippen LogP contribution in [0.25, 0.3) is 0 Å². The molecule has 1 aliphatic rings. The van der Waals surface area contributed by atoms with Crippen molar-refractivity contribution in [2.24, 2.45) is 11.5 Å². The maximum Gasteiger partial charge on any atom is 0.326 e. The number of nitrogens with one attached hydrogen (secondary N) is 6. The van der Waals surface area contributed by atoms with Gasteiger partial charge in [-0.1, -0.05) is 30.3 Å². The van der Waals surface area contributed by atoms with Gasteiger partial charge in [-0.25, -0.2) is 4.79 Å². The summed E-state index contributed by atoms with van der Waals surface area (Å²) in [5, 5.41) is 52.4. The van der Waals surface area contributed by atoms with E-state index in [2.05, 4.69) is 31.9 Å². The van der Waals surface area contributed by atoms with Crippen molar-refractivity contribution in [1.82, 2.24) is 36.8 Å². The summed E-state index contributed by atoms with van der Waals surface area (Å²) in [5.41, 5.74) is 11.0. The third-order valence-corrected chi connectivity index (χ3v) is 8.56. The van der Waals surface area contributed by atoms with Gasteiger partial charge in [0, 0.05) is 13.0 Å². The second-order valence-corrected chi connectivity index (χ2v) is 13.2. The van der Waals surface area contributed by atoms with E-state index in [0.29, 0.717) is 12.0 Å². The number of aliphatic hydroxyl groups excluding tert-OH is 2. The lowest BCUT2D eigenvalue weighted by Gasteiger charge is -2.29. The van der Waals surface area contributed by atoms with Crippen molar-refractivity contribution >= 4 is 59.2 Å². The molecule has 1 aliphatic heterocycles. The number of carboxylic acids is 2. The Bertz CT molecular complexity index is 1660. The molecule has 23 nitrogen and oxygen atoms in total. The van der Waals surface area contributed by atoms with Crippen molar-refractivity contribution in [3.8, 4) is 0 Å². The highest BCUT2D eigenvalue weighted by molar-refractivity contribution is 5.98. The predicted octanol–water partition coefficient (Wildman–Crippen LogP) is -6.08. The molecule has 1 saturated heterocycles. The van der Waals surface area contributed by atoms with Crippen LogP contribution in [0, 0.1) is 0 Å². The highest BCUT2D eigenvalue weighted by Crippen LogP contribution is 2.19. The van der Waals surface area contributed by atoms with E-state index < -0.39 is 134 Å². The van der Waals surface area contributed by atoms with Crippen molar-refractivity contribution in [3.05, 3.63) is 35.9 Å². The lowest BCUT2D eigenvalue weighted by Crippen LogP contribution is -2.60. The van der Waals surface area contributed by atoms with Crippen LogP contribution in [0.15, 0.2) is 30.3 Å². The summed E-state index contributed by atoms with van der Waals surface area (Å²) in [6.45, 7) is 0.643. The normalized spacial score (nSPS) is 17.2. The Kier molecular flexibility index (Phi) is 18.4. The zero-order chi connectivity index (χ0) is 43.0. The molecule has 1 aromatic rings. The summed E-state index contributed by atoms with van der Waals surface area (Å²) in [6, 6.07) is -2.37. The van der Waals surface area contributed by atoms with E-state index in [9.17, 15) is 68.4 Å². The molecule has 8 amide bonds. The molecule has 0 aromatic heterocycles. The van der Waals surface area contributed by atoms with Crippen LogP contribution in [0.5, 0.6) is 0 Å². The molecular weight excluding hydrogens is 758 g/mol. The van der Waals surface area contributed by atoms with Crippen LogP contribution in [0.4, 0.5) is 0 Å². The molecule has 0 unspecified atom stereocenters. The van der Waals surface area contributed by atoms with Gasteiger partial charge in [-0.3, -0.25) is 43.2 Å². The zero-order valence-electron chi connectivity index (χ0n) is 31.1. The Hall–Kier alpha value is -6.20. The van der Waals surface area contributed by atoms with Crippen LogP contribution >= 0.6 is 0 Å². The molecule has 0 radical (unpaired) electrons. The number of hydrogen-bond acceptors (Lipinski definition) is 13. The molecule has 2 rings (SSSR count). The number of aliphatic carboxylic acids is 2. The van der Waals surface area contributed by atoms with Gasteiger partial charge in [0.2, 0.25) is 47.3 Å². The Morgan fingerprint density at radius 2 is 1.39 bits per heavy atom. The number of carboxylic acid groups (broad SMARTS) is 2. The van der Waals surface area contributed by atoms with E-state index >= 15 is 0 Å². The van der Waals surface area contributed by atoms with E-state index in [1.807, 2.05) is 0 Å². The molecule has 0 saturated carbocycles. The second kappa shape index (κ2) is 22.4. The van der Waals surface area contributed by atoms with E-state index in [1.165, 1.54) is 6.92 Å². The van der Waals surface area contributed by atoms with Gasteiger partial charge in [-0.05, 0) is 32.3 Å². The number of benzene rings is 1. The number of nitrogens with zero attached hydrogens (tertiary/aromatic N) is 1. The minimum absolute atomic E-state index is 0.00987. The Morgan fingerprint density at radius 1 is 0.789 bits per heavy atom. The highest BCUT2D eigenvalue weighted by atomic mass is 16.4. The van der Waals surface area contributed by atoms with E-state index in [-0.39, 0.29) is 19.4 Å². The molecule has 1 aromatic carbocycles. The number of aliphatic hydroxyl groups is 2. The van der Waals surface area contributed by atoms with Gasteiger partial charge in [-0.15, -0.1) is 0 Å². The van der Waals surface area contributed by atoms with Gasteiger partial charge in [0.25, 0.3) is 0 Å². The van der Waals surface area contributed by atoms with Crippen LogP contribution < -0.4 is 43.4 Å². The largest absolute Gasteiger partial charge is 0.481 e. The summed E-state index contributed by atoms with van der Waals surface area (Å²) >= 11 is 0. The number of nitrogens with two attached hydrogens (primary N) is 2. The molecule has 1 fully saturated rings. The third kappa shape index (κ3) is 15.1.